The molecule has 0 radical (unpaired) electrons. The Morgan fingerprint density at radius 3 is 2.22 bits per heavy atom. The van der Waals surface area contributed by atoms with Gasteiger partial charge >= 0.3 is 5.97 Å². The smallest absolute Gasteiger partial charge is 0.309 e. The molecular formula is C21H38N2O4. The number of nitrogens with one attached hydrogen (secondary N) is 1. The van der Waals surface area contributed by atoms with Gasteiger partial charge in [-0.25, -0.2) is 0 Å². The van der Waals surface area contributed by atoms with Gasteiger partial charge in [-0.1, -0.05) is 40.5 Å². The van der Waals surface area contributed by atoms with Crippen LogP contribution in [-0.4, -0.2) is 48.4 Å². The Morgan fingerprint density at radius 2 is 1.74 bits per heavy atom. The molecule has 0 bridgehead atoms. The molecule has 1 fully saturated rings. The van der Waals surface area contributed by atoms with Crippen LogP contribution in [0.15, 0.2) is 0 Å². The van der Waals surface area contributed by atoms with Crippen molar-refractivity contribution in [3.8, 4) is 0 Å². The van der Waals surface area contributed by atoms with Gasteiger partial charge in [0.25, 0.3) is 0 Å². The zero-order valence-corrected chi connectivity index (χ0v) is 17.8. The largest absolute Gasteiger partial charge is 0.466 e. The SMILES string of the molecule is CCCCC(CC)C(=O)NC(C(=O)N1CCC(C(=O)OCC)CC1)C(C)C. The van der Waals surface area contributed by atoms with Crippen molar-refractivity contribution in [2.24, 2.45) is 17.8 Å². The summed E-state index contributed by atoms with van der Waals surface area (Å²) in [4.78, 5) is 39.3. The van der Waals surface area contributed by atoms with Crippen LogP contribution in [0.1, 0.15) is 73.1 Å². The van der Waals surface area contributed by atoms with Gasteiger partial charge in [0, 0.05) is 19.0 Å². The number of ether oxygens (including phenoxy) is 1. The highest BCUT2D eigenvalue weighted by Crippen LogP contribution is 2.21. The van der Waals surface area contributed by atoms with E-state index in [2.05, 4.69) is 12.2 Å². The Balaban J connectivity index is 2.66. The number of hydrogen-bond acceptors (Lipinski definition) is 4. The molecule has 156 valence electrons. The van der Waals surface area contributed by atoms with Crippen molar-refractivity contribution < 1.29 is 19.1 Å². The normalized spacial score (nSPS) is 17.5. The summed E-state index contributed by atoms with van der Waals surface area (Å²) in [7, 11) is 0. The van der Waals surface area contributed by atoms with Crippen molar-refractivity contribution in [3.05, 3.63) is 0 Å². The molecule has 0 aliphatic carbocycles. The van der Waals surface area contributed by atoms with Gasteiger partial charge in [0.05, 0.1) is 12.5 Å². The van der Waals surface area contributed by atoms with E-state index in [0.29, 0.717) is 32.5 Å². The van der Waals surface area contributed by atoms with Crippen molar-refractivity contribution in [1.29, 1.82) is 0 Å². The highest BCUT2D eigenvalue weighted by molar-refractivity contribution is 5.89. The summed E-state index contributed by atoms with van der Waals surface area (Å²) in [5, 5.41) is 3.01. The Morgan fingerprint density at radius 1 is 1.11 bits per heavy atom. The molecule has 2 atom stereocenters. The summed E-state index contributed by atoms with van der Waals surface area (Å²) in [6, 6.07) is -0.507. The van der Waals surface area contributed by atoms with E-state index in [1.165, 1.54) is 0 Å². The molecule has 2 amide bonds. The Bertz CT molecular complexity index is 485. The topological polar surface area (TPSA) is 75.7 Å². The Hall–Kier alpha value is -1.59. The number of piperidine rings is 1. The van der Waals surface area contributed by atoms with E-state index in [9.17, 15) is 14.4 Å². The fraction of sp³-hybridized carbons (Fsp3) is 0.857. The fourth-order valence-corrected chi connectivity index (χ4v) is 3.55. The first-order chi connectivity index (χ1) is 12.8. The quantitative estimate of drug-likeness (QED) is 0.589. The Kier molecular flexibility index (Phi) is 10.4. The number of amides is 2. The summed E-state index contributed by atoms with van der Waals surface area (Å²) in [6.07, 6.45) is 4.98. The second kappa shape index (κ2) is 12.0. The second-order valence-corrected chi connectivity index (χ2v) is 7.83. The van der Waals surface area contributed by atoms with E-state index in [1.807, 2.05) is 20.8 Å². The third kappa shape index (κ3) is 7.15. The summed E-state index contributed by atoms with van der Waals surface area (Å²) >= 11 is 0. The van der Waals surface area contributed by atoms with E-state index in [0.717, 1.165) is 25.7 Å². The maximum absolute atomic E-state index is 13.0. The van der Waals surface area contributed by atoms with Gasteiger partial charge in [0.15, 0.2) is 0 Å². The average molecular weight is 383 g/mol. The highest BCUT2D eigenvalue weighted by Gasteiger charge is 2.34. The predicted octanol–water partition coefficient (Wildman–Crippen LogP) is 3.15. The van der Waals surface area contributed by atoms with Crippen molar-refractivity contribution in [1.82, 2.24) is 10.2 Å². The van der Waals surface area contributed by atoms with Crippen LogP contribution in [0.25, 0.3) is 0 Å². The minimum absolute atomic E-state index is 0.0144. The lowest BCUT2D eigenvalue weighted by molar-refractivity contribution is -0.151. The van der Waals surface area contributed by atoms with Gasteiger partial charge in [-0.05, 0) is 38.5 Å². The molecular weight excluding hydrogens is 344 g/mol. The van der Waals surface area contributed by atoms with Gasteiger partial charge < -0.3 is 15.0 Å². The van der Waals surface area contributed by atoms with Gasteiger partial charge in [-0.15, -0.1) is 0 Å². The fourth-order valence-electron chi connectivity index (χ4n) is 3.55. The summed E-state index contributed by atoms with van der Waals surface area (Å²) in [5.41, 5.74) is 0. The van der Waals surface area contributed by atoms with Crippen molar-refractivity contribution in [3.63, 3.8) is 0 Å². The van der Waals surface area contributed by atoms with Gasteiger partial charge in [0.2, 0.25) is 11.8 Å². The maximum atomic E-state index is 13.0. The molecule has 0 aromatic heterocycles. The van der Waals surface area contributed by atoms with Crippen LogP contribution in [0.4, 0.5) is 0 Å². The van der Waals surface area contributed by atoms with Crippen molar-refractivity contribution in [2.75, 3.05) is 19.7 Å². The number of rotatable bonds is 10. The highest BCUT2D eigenvalue weighted by atomic mass is 16.5. The molecule has 0 aromatic carbocycles. The second-order valence-electron chi connectivity index (χ2n) is 7.83. The molecule has 1 heterocycles. The zero-order chi connectivity index (χ0) is 20.4. The van der Waals surface area contributed by atoms with E-state index >= 15 is 0 Å². The molecule has 1 aliphatic rings. The van der Waals surface area contributed by atoms with Crippen molar-refractivity contribution in [2.45, 2.75) is 79.2 Å². The molecule has 1 N–H and O–H groups in total. The molecule has 0 spiro atoms. The third-order valence-electron chi connectivity index (χ3n) is 5.43. The summed E-state index contributed by atoms with van der Waals surface area (Å²) < 4.78 is 5.09. The molecule has 6 nitrogen and oxygen atoms in total. The molecule has 27 heavy (non-hydrogen) atoms. The minimum atomic E-state index is -0.507. The number of hydrogen-bond donors (Lipinski definition) is 1. The number of likely N-dealkylation sites (tertiary alicyclic amines) is 1. The number of nitrogens with zero attached hydrogens (tertiary/aromatic N) is 1. The summed E-state index contributed by atoms with van der Waals surface area (Å²) in [5.74, 6) is -0.355. The molecule has 2 unspecified atom stereocenters. The predicted molar refractivity (Wildman–Crippen MR) is 106 cm³/mol. The Labute approximate surface area is 164 Å². The number of esters is 1. The van der Waals surface area contributed by atoms with Gasteiger partial charge in [-0.3, -0.25) is 14.4 Å². The molecule has 1 saturated heterocycles. The molecule has 0 saturated carbocycles. The van der Waals surface area contributed by atoms with E-state index in [-0.39, 0.29) is 35.5 Å². The number of carbonyl (C=O) groups excluding carboxylic acids is 3. The van der Waals surface area contributed by atoms with Crippen LogP contribution in [-0.2, 0) is 19.1 Å². The van der Waals surface area contributed by atoms with Crippen LogP contribution in [0, 0.1) is 17.8 Å². The zero-order valence-electron chi connectivity index (χ0n) is 17.8. The van der Waals surface area contributed by atoms with Gasteiger partial charge in [0.1, 0.15) is 6.04 Å². The standard InChI is InChI=1S/C21H38N2O4/c1-6-9-10-16(7-2)19(24)22-18(15(4)5)20(25)23-13-11-17(12-14-23)21(26)27-8-3/h15-18H,6-14H2,1-5H3,(H,22,24). The first kappa shape index (κ1) is 23.4. The third-order valence-corrected chi connectivity index (χ3v) is 5.43. The monoisotopic (exact) mass is 382 g/mol. The maximum Gasteiger partial charge on any atom is 0.309 e. The van der Waals surface area contributed by atoms with Crippen LogP contribution >= 0.6 is 0 Å². The van der Waals surface area contributed by atoms with E-state index in [4.69, 9.17) is 4.74 Å². The lowest BCUT2D eigenvalue weighted by Gasteiger charge is -2.35. The molecule has 1 rings (SSSR count). The number of unbranched alkanes of at least 4 members (excludes halogenated alkanes) is 1. The van der Waals surface area contributed by atoms with Crippen LogP contribution in [0.2, 0.25) is 0 Å². The first-order valence-electron chi connectivity index (χ1n) is 10.6. The molecule has 1 aliphatic heterocycles. The minimum Gasteiger partial charge on any atom is -0.466 e. The van der Waals surface area contributed by atoms with Crippen molar-refractivity contribution >= 4 is 17.8 Å². The molecule has 6 heteroatoms. The van der Waals surface area contributed by atoms with Crippen LogP contribution < -0.4 is 5.32 Å². The summed E-state index contributed by atoms with van der Waals surface area (Å²) in [6.45, 7) is 11.3. The average Bonchev–Trinajstić information content (AvgIpc) is 2.66. The van der Waals surface area contributed by atoms with E-state index in [1.54, 1.807) is 11.8 Å². The van der Waals surface area contributed by atoms with Crippen LogP contribution in [0.5, 0.6) is 0 Å². The first-order valence-corrected chi connectivity index (χ1v) is 10.6. The molecule has 0 aromatic rings. The van der Waals surface area contributed by atoms with E-state index < -0.39 is 6.04 Å². The van der Waals surface area contributed by atoms with Gasteiger partial charge in [-0.2, -0.15) is 0 Å². The van der Waals surface area contributed by atoms with Crippen LogP contribution in [0.3, 0.4) is 0 Å². The number of carbonyl (C=O) groups is 3. The lowest BCUT2D eigenvalue weighted by Crippen LogP contribution is -2.54. The lowest BCUT2D eigenvalue weighted by atomic mass is 9.94.